The predicted octanol–water partition coefficient (Wildman–Crippen LogP) is 2.70. The molecule has 0 spiro atoms. The molecule has 0 aliphatic rings. The number of aromatic amines is 1. The van der Waals surface area contributed by atoms with Gasteiger partial charge in [-0.2, -0.15) is 5.10 Å². The lowest BCUT2D eigenvalue weighted by atomic mass is 9.99. The van der Waals surface area contributed by atoms with Gasteiger partial charge in [0.2, 0.25) is 0 Å². The van der Waals surface area contributed by atoms with Gasteiger partial charge in [0.25, 0.3) is 0 Å². The summed E-state index contributed by atoms with van der Waals surface area (Å²) in [5.41, 5.74) is 4.19. The summed E-state index contributed by atoms with van der Waals surface area (Å²) in [6.07, 6.45) is 1.44. The summed E-state index contributed by atoms with van der Waals surface area (Å²) in [4.78, 5) is 16.1. The SMILES string of the molecule is Cc1cc(C)c(C(=O)CSc2ncn[nH]2)cc1C. The first kappa shape index (κ1) is 12.8. The fraction of sp³-hybridized carbons (Fsp3) is 0.308. The van der Waals surface area contributed by atoms with Crippen LogP contribution in [-0.4, -0.2) is 26.7 Å². The predicted molar refractivity (Wildman–Crippen MR) is 72.1 cm³/mol. The van der Waals surface area contributed by atoms with E-state index in [0.717, 1.165) is 16.7 Å². The zero-order chi connectivity index (χ0) is 13.1. The third-order valence-electron chi connectivity index (χ3n) is 2.87. The Labute approximate surface area is 110 Å². The fourth-order valence-electron chi connectivity index (χ4n) is 1.74. The Kier molecular flexibility index (Phi) is 3.81. The minimum atomic E-state index is 0.122. The third kappa shape index (κ3) is 2.79. The second-order valence-corrected chi connectivity index (χ2v) is 5.22. The number of aryl methyl sites for hydroxylation is 3. The number of H-pyrrole nitrogens is 1. The van der Waals surface area contributed by atoms with Crippen molar-refractivity contribution in [3.05, 3.63) is 40.7 Å². The lowest BCUT2D eigenvalue weighted by Gasteiger charge is -2.08. The number of carbonyl (C=O) groups excluding carboxylic acids is 1. The Morgan fingerprint density at radius 3 is 2.61 bits per heavy atom. The van der Waals surface area contributed by atoms with Gasteiger partial charge >= 0.3 is 0 Å². The molecule has 0 atom stereocenters. The zero-order valence-corrected chi connectivity index (χ0v) is 11.5. The molecule has 0 saturated heterocycles. The molecule has 0 amide bonds. The minimum Gasteiger partial charge on any atom is -0.293 e. The van der Waals surface area contributed by atoms with Gasteiger partial charge < -0.3 is 0 Å². The summed E-state index contributed by atoms with van der Waals surface area (Å²) >= 11 is 1.37. The molecule has 1 N–H and O–H groups in total. The van der Waals surface area contributed by atoms with Crippen LogP contribution < -0.4 is 0 Å². The van der Waals surface area contributed by atoms with Crippen LogP contribution in [0.25, 0.3) is 0 Å². The summed E-state index contributed by atoms with van der Waals surface area (Å²) in [6, 6.07) is 4.02. The second-order valence-electron chi connectivity index (χ2n) is 4.25. The van der Waals surface area contributed by atoms with Crippen LogP contribution in [0.5, 0.6) is 0 Å². The summed E-state index contributed by atoms with van der Waals surface area (Å²) in [5, 5.41) is 7.15. The van der Waals surface area contributed by atoms with Gasteiger partial charge in [0, 0.05) is 5.56 Å². The van der Waals surface area contributed by atoms with Gasteiger partial charge in [0.05, 0.1) is 5.75 Å². The van der Waals surface area contributed by atoms with E-state index >= 15 is 0 Å². The number of nitrogens with one attached hydrogen (secondary N) is 1. The molecule has 4 nitrogen and oxygen atoms in total. The second kappa shape index (κ2) is 5.35. The molecule has 0 aliphatic carbocycles. The van der Waals surface area contributed by atoms with Gasteiger partial charge in [-0.1, -0.05) is 17.8 Å². The molecule has 1 aromatic carbocycles. The van der Waals surface area contributed by atoms with E-state index in [1.165, 1.54) is 23.7 Å². The number of nitrogens with zero attached hydrogens (tertiary/aromatic N) is 2. The number of hydrogen-bond donors (Lipinski definition) is 1. The van der Waals surface area contributed by atoms with Crippen LogP contribution in [0.1, 0.15) is 27.0 Å². The van der Waals surface area contributed by atoms with Crippen molar-refractivity contribution in [1.29, 1.82) is 0 Å². The van der Waals surface area contributed by atoms with E-state index in [4.69, 9.17) is 0 Å². The number of Topliss-reactive ketones (excluding diaryl/α,β-unsaturated/α-hetero) is 1. The van der Waals surface area contributed by atoms with Crippen LogP contribution in [0, 0.1) is 20.8 Å². The van der Waals surface area contributed by atoms with E-state index < -0.39 is 0 Å². The Hall–Kier alpha value is -1.62. The van der Waals surface area contributed by atoms with Crippen LogP contribution in [0.4, 0.5) is 0 Å². The number of carbonyl (C=O) groups is 1. The fourth-order valence-corrected chi connectivity index (χ4v) is 2.40. The van der Waals surface area contributed by atoms with Crippen molar-refractivity contribution in [2.24, 2.45) is 0 Å². The average molecular weight is 261 g/mol. The van der Waals surface area contributed by atoms with Crippen molar-refractivity contribution in [3.8, 4) is 0 Å². The molecule has 0 unspecified atom stereocenters. The minimum absolute atomic E-state index is 0.122. The molecule has 2 rings (SSSR count). The number of thioether (sulfide) groups is 1. The summed E-state index contributed by atoms with van der Waals surface area (Å²) in [7, 11) is 0. The van der Waals surface area contributed by atoms with Crippen molar-refractivity contribution >= 4 is 17.5 Å². The smallest absolute Gasteiger partial charge is 0.183 e. The standard InChI is InChI=1S/C13H15N3OS/c1-8-4-10(3)11(5-9(8)2)12(17)6-18-13-14-7-15-16-13/h4-5,7H,6H2,1-3H3,(H,14,15,16). The lowest BCUT2D eigenvalue weighted by Crippen LogP contribution is -2.06. The Bertz CT molecular complexity index is 564. The van der Waals surface area contributed by atoms with Crippen LogP contribution >= 0.6 is 11.8 Å². The molecule has 2 aromatic rings. The summed E-state index contributed by atoms with van der Waals surface area (Å²) in [5.74, 6) is 0.496. The number of rotatable bonds is 4. The first-order valence-electron chi connectivity index (χ1n) is 5.67. The highest BCUT2D eigenvalue weighted by Gasteiger charge is 2.11. The third-order valence-corrected chi connectivity index (χ3v) is 3.75. The Morgan fingerprint density at radius 2 is 1.94 bits per heavy atom. The van der Waals surface area contributed by atoms with Crippen LogP contribution in [0.2, 0.25) is 0 Å². The van der Waals surface area contributed by atoms with Gasteiger partial charge in [-0.3, -0.25) is 9.89 Å². The molecular weight excluding hydrogens is 246 g/mol. The zero-order valence-electron chi connectivity index (χ0n) is 10.7. The van der Waals surface area contributed by atoms with E-state index in [-0.39, 0.29) is 5.78 Å². The average Bonchev–Trinajstić information content (AvgIpc) is 2.84. The molecule has 18 heavy (non-hydrogen) atoms. The molecule has 1 heterocycles. The monoisotopic (exact) mass is 261 g/mol. The van der Waals surface area contributed by atoms with Gasteiger partial charge in [-0.25, -0.2) is 4.98 Å². The van der Waals surface area contributed by atoms with Crippen LogP contribution in [-0.2, 0) is 0 Å². The Balaban J connectivity index is 2.11. The maximum Gasteiger partial charge on any atom is 0.183 e. The summed E-state index contributed by atoms with van der Waals surface area (Å²) < 4.78 is 0. The van der Waals surface area contributed by atoms with Crippen molar-refractivity contribution in [2.45, 2.75) is 25.9 Å². The summed E-state index contributed by atoms with van der Waals surface area (Å²) in [6.45, 7) is 6.05. The Morgan fingerprint density at radius 1 is 1.22 bits per heavy atom. The van der Waals surface area contributed by atoms with Crippen molar-refractivity contribution in [3.63, 3.8) is 0 Å². The van der Waals surface area contributed by atoms with E-state index in [0.29, 0.717) is 10.9 Å². The van der Waals surface area contributed by atoms with Gasteiger partial charge in [-0.05, 0) is 43.5 Å². The van der Waals surface area contributed by atoms with E-state index in [1.54, 1.807) is 0 Å². The molecule has 0 bridgehead atoms. The maximum absolute atomic E-state index is 12.1. The van der Waals surface area contributed by atoms with Crippen molar-refractivity contribution < 1.29 is 4.79 Å². The molecule has 0 fully saturated rings. The first-order valence-corrected chi connectivity index (χ1v) is 6.65. The quantitative estimate of drug-likeness (QED) is 0.679. The van der Waals surface area contributed by atoms with E-state index in [2.05, 4.69) is 28.2 Å². The molecule has 1 aromatic heterocycles. The van der Waals surface area contributed by atoms with Crippen molar-refractivity contribution in [2.75, 3.05) is 5.75 Å². The molecule has 5 heteroatoms. The normalized spacial score (nSPS) is 10.6. The van der Waals surface area contributed by atoms with Crippen molar-refractivity contribution in [1.82, 2.24) is 15.2 Å². The lowest BCUT2D eigenvalue weighted by molar-refractivity contribution is 0.102. The highest BCUT2D eigenvalue weighted by molar-refractivity contribution is 7.99. The molecular formula is C13H15N3OS. The molecule has 0 saturated carbocycles. The molecule has 0 radical (unpaired) electrons. The molecule has 94 valence electrons. The molecule has 0 aliphatic heterocycles. The van der Waals surface area contributed by atoms with E-state index in [9.17, 15) is 4.79 Å². The first-order chi connectivity index (χ1) is 8.58. The number of aromatic nitrogens is 3. The van der Waals surface area contributed by atoms with E-state index in [1.807, 2.05) is 19.9 Å². The topological polar surface area (TPSA) is 58.6 Å². The maximum atomic E-state index is 12.1. The largest absolute Gasteiger partial charge is 0.293 e. The van der Waals surface area contributed by atoms with Crippen LogP contribution in [0.15, 0.2) is 23.6 Å². The van der Waals surface area contributed by atoms with Gasteiger partial charge in [0.15, 0.2) is 10.9 Å². The van der Waals surface area contributed by atoms with Crippen LogP contribution in [0.3, 0.4) is 0 Å². The number of hydrogen-bond acceptors (Lipinski definition) is 4. The highest BCUT2D eigenvalue weighted by atomic mass is 32.2. The number of benzene rings is 1. The highest BCUT2D eigenvalue weighted by Crippen LogP contribution is 2.19. The number of ketones is 1. The van der Waals surface area contributed by atoms with Gasteiger partial charge in [0.1, 0.15) is 6.33 Å². The van der Waals surface area contributed by atoms with Gasteiger partial charge in [-0.15, -0.1) is 0 Å².